The lowest BCUT2D eigenvalue weighted by molar-refractivity contribution is 0.0768. The predicted molar refractivity (Wildman–Crippen MR) is 125 cm³/mol. The number of benzene rings is 2. The summed E-state index contributed by atoms with van der Waals surface area (Å²) < 4.78 is 5.53. The van der Waals surface area contributed by atoms with Crippen molar-refractivity contribution in [1.29, 1.82) is 0 Å². The smallest absolute Gasteiger partial charge is 0.254 e. The number of primary amides is 1. The molecule has 32 heavy (non-hydrogen) atoms. The van der Waals surface area contributed by atoms with Crippen molar-refractivity contribution >= 4 is 11.8 Å². The van der Waals surface area contributed by atoms with Crippen LogP contribution in [0.3, 0.4) is 0 Å². The van der Waals surface area contributed by atoms with E-state index in [0.29, 0.717) is 29.8 Å². The van der Waals surface area contributed by atoms with Gasteiger partial charge in [-0.2, -0.15) is 0 Å². The number of carbonyl (C=O) groups excluding carboxylic acids is 2. The number of carbonyl (C=O) groups is 2. The van der Waals surface area contributed by atoms with Crippen molar-refractivity contribution in [2.75, 3.05) is 39.3 Å². The van der Waals surface area contributed by atoms with Crippen molar-refractivity contribution in [1.82, 2.24) is 9.80 Å². The first-order chi connectivity index (χ1) is 15.5. The largest absolute Gasteiger partial charge is 0.494 e. The van der Waals surface area contributed by atoms with Gasteiger partial charge in [0.2, 0.25) is 5.91 Å². The minimum atomic E-state index is -0.599. The van der Waals surface area contributed by atoms with Crippen LogP contribution in [0.25, 0.3) is 0 Å². The Labute approximate surface area is 190 Å². The van der Waals surface area contributed by atoms with E-state index in [9.17, 15) is 9.59 Å². The van der Waals surface area contributed by atoms with Gasteiger partial charge in [0.25, 0.3) is 5.91 Å². The van der Waals surface area contributed by atoms with Crippen LogP contribution in [0, 0.1) is 25.2 Å². The number of fused-ring (bicyclic) bond motifs is 1. The fourth-order valence-electron chi connectivity index (χ4n) is 5.08. The molecule has 6 heteroatoms. The van der Waals surface area contributed by atoms with E-state index in [1.165, 1.54) is 5.56 Å². The maximum Gasteiger partial charge on any atom is 0.254 e. The first-order valence-corrected chi connectivity index (χ1v) is 11.4. The van der Waals surface area contributed by atoms with Crippen molar-refractivity contribution in [2.24, 2.45) is 17.6 Å². The van der Waals surface area contributed by atoms with Crippen molar-refractivity contribution < 1.29 is 14.3 Å². The molecule has 2 aromatic rings. The summed E-state index contributed by atoms with van der Waals surface area (Å²) in [6.45, 7) is 8.73. The highest BCUT2D eigenvalue weighted by Crippen LogP contribution is 2.33. The minimum Gasteiger partial charge on any atom is -0.494 e. The molecule has 2 atom stereocenters. The first-order valence-electron chi connectivity index (χ1n) is 11.4. The lowest BCUT2D eigenvalue weighted by Crippen LogP contribution is -2.35. The molecule has 2 aliphatic heterocycles. The third kappa shape index (κ3) is 4.80. The third-order valence-corrected chi connectivity index (χ3v) is 6.57. The summed E-state index contributed by atoms with van der Waals surface area (Å²) in [5.74, 6) is 0.832. The Morgan fingerprint density at radius 1 is 1.09 bits per heavy atom. The molecule has 1 unspecified atom stereocenters. The van der Waals surface area contributed by atoms with Crippen LogP contribution in [0.4, 0.5) is 0 Å². The normalized spacial score (nSPS) is 20.4. The van der Waals surface area contributed by atoms with Crippen molar-refractivity contribution in [2.45, 2.75) is 20.3 Å². The fraction of sp³-hybridized carbons (Fsp3) is 0.423. The number of rotatable bonds is 8. The summed E-state index contributed by atoms with van der Waals surface area (Å²) in [5.41, 5.74) is 8.26. The van der Waals surface area contributed by atoms with Crippen molar-refractivity contribution in [3.63, 3.8) is 0 Å². The Morgan fingerprint density at radius 2 is 1.78 bits per heavy atom. The average molecular weight is 435 g/mol. The van der Waals surface area contributed by atoms with Gasteiger partial charge in [-0.05, 0) is 68.3 Å². The second kappa shape index (κ2) is 9.74. The van der Waals surface area contributed by atoms with Gasteiger partial charge >= 0.3 is 0 Å². The number of amides is 2. The third-order valence-electron chi connectivity index (χ3n) is 6.57. The second-order valence-electron chi connectivity index (χ2n) is 8.85. The maximum absolute atomic E-state index is 13.4. The number of nitrogens with two attached hydrogens (primary N) is 1. The molecule has 4 rings (SSSR count). The number of ether oxygens (including phenoxy) is 1. The topological polar surface area (TPSA) is 75.9 Å². The van der Waals surface area contributed by atoms with Crippen LogP contribution >= 0.6 is 0 Å². The Kier molecular flexibility index (Phi) is 6.80. The molecule has 0 saturated carbocycles. The van der Waals surface area contributed by atoms with Gasteiger partial charge in [0.05, 0.1) is 17.7 Å². The minimum absolute atomic E-state index is 0.0993. The molecule has 0 aliphatic carbocycles. The highest BCUT2D eigenvalue weighted by atomic mass is 16.5. The summed E-state index contributed by atoms with van der Waals surface area (Å²) in [6, 6.07) is 13.8. The molecule has 2 amide bonds. The van der Waals surface area contributed by atoms with E-state index in [-0.39, 0.29) is 11.5 Å². The van der Waals surface area contributed by atoms with E-state index >= 15 is 0 Å². The van der Waals surface area contributed by atoms with Gasteiger partial charge in [-0.1, -0.05) is 30.3 Å². The highest BCUT2D eigenvalue weighted by Gasteiger charge is 2.42. The zero-order valence-corrected chi connectivity index (χ0v) is 18.9. The van der Waals surface area contributed by atoms with Gasteiger partial charge in [-0.25, -0.2) is 0 Å². The fourth-order valence-corrected chi connectivity index (χ4v) is 5.08. The zero-order valence-electron chi connectivity index (χ0n) is 18.9. The molecule has 1 radical (unpaired) electrons. The summed E-state index contributed by atoms with van der Waals surface area (Å²) >= 11 is 0. The van der Waals surface area contributed by atoms with Crippen LogP contribution in [-0.2, 0) is 0 Å². The van der Waals surface area contributed by atoms with E-state index in [4.69, 9.17) is 10.5 Å². The number of hydrogen-bond donors (Lipinski definition) is 1. The molecule has 2 fully saturated rings. The molecule has 0 spiro atoms. The van der Waals surface area contributed by atoms with Gasteiger partial charge in [-0.15, -0.1) is 0 Å². The Hall–Kier alpha value is -2.86. The molecule has 2 saturated heterocycles. The van der Waals surface area contributed by atoms with Crippen LogP contribution < -0.4 is 10.5 Å². The van der Waals surface area contributed by atoms with Gasteiger partial charge in [-0.3, -0.25) is 9.59 Å². The second-order valence-corrected chi connectivity index (χ2v) is 8.85. The van der Waals surface area contributed by atoms with Crippen LogP contribution in [0.2, 0.25) is 0 Å². The van der Waals surface area contributed by atoms with Gasteiger partial charge in [0.15, 0.2) is 0 Å². The van der Waals surface area contributed by atoms with Crippen LogP contribution in [0.1, 0.15) is 45.2 Å². The predicted octanol–water partition coefficient (Wildman–Crippen LogP) is 3.14. The molecule has 0 aromatic heterocycles. The molecule has 2 N–H and O–H groups in total. The molecule has 6 nitrogen and oxygen atoms in total. The summed E-state index contributed by atoms with van der Waals surface area (Å²) in [7, 11) is 0. The van der Waals surface area contributed by atoms with Gasteiger partial charge in [0.1, 0.15) is 5.75 Å². The number of likely N-dealkylation sites (tertiary alicyclic amines) is 2. The summed E-state index contributed by atoms with van der Waals surface area (Å²) in [6.07, 6.45) is 3.31. The van der Waals surface area contributed by atoms with E-state index in [2.05, 4.69) is 35.6 Å². The summed E-state index contributed by atoms with van der Waals surface area (Å²) in [4.78, 5) is 29.8. The molecular formula is C26H32N3O3. The lowest BCUT2D eigenvalue weighted by Gasteiger charge is -2.23. The molecule has 2 heterocycles. The Bertz CT molecular complexity index is 962. The zero-order chi connectivity index (χ0) is 22.7. The van der Waals surface area contributed by atoms with Crippen LogP contribution in [0.15, 0.2) is 42.5 Å². The number of hydrogen-bond acceptors (Lipinski definition) is 4. The molecule has 2 aromatic carbocycles. The standard InChI is InChI=1S/C26H32N3O3/c1-3-32-22-12-18(2)24(23(13-22)25(27)30)26(31)29-16-20-14-28(15-21(20)17-29)11-7-10-19-8-5-4-6-9-19/h4-6,8-10,12-13,20-21H,3,7,11,14-17H2,1-2H3,(H2,27,30)/t20-,21?/m0/s1. The molecular weight excluding hydrogens is 402 g/mol. The maximum atomic E-state index is 13.4. The SMILES string of the molecule is CCOc1cc(C)c(C(=O)N2CC3CN(CC[CH]c4ccccc4)C[C@H]3C2)c(C(N)=O)c1. The highest BCUT2D eigenvalue weighted by molar-refractivity contribution is 6.08. The van der Waals surface area contributed by atoms with Crippen molar-refractivity contribution in [3.8, 4) is 5.75 Å². The van der Waals surface area contributed by atoms with Crippen molar-refractivity contribution in [3.05, 3.63) is 71.1 Å². The number of aryl methyl sites for hydroxylation is 1. The Morgan fingerprint density at radius 3 is 2.41 bits per heavy atom. The summed E-state index contributed by atoms with van der Waals surface area (Å²) in [5, 5.41) is 0. The molecule has 2 aliphatic rings. The van der Waals surface area contributed by atoms with Crippen LogP contribution in [-0.4, -0.2) is 60.9 Å². The average Bonchev–Trinajstić information content (AvgIpc) is 3.33. The number of nitrogens with zero attached hydrogens (tertiary/aromatic N) is 2. The lowest BCUT2D eigenvalue weighted by atomic mass is 9.99. The quantitative estimate of drug-likeness (QED) is 0.693. The van der Waals surface area contributed by atoms with E-state index in [0.717, 1.165) is 44.7 Å². The van der Waals surface area contributed by atoms with Crippen LogP contribution in [0.5, 0.6) is 5.75 Å². The van der Waals surface area contributed by atoms with E-state index < -0.39 is 5.91 Å². The van der Waals surface area contributed by atoms with E-state index in [1.807, 2.05) is 30.9 Å². The monoisotopic (exact) mass is 434 g/mol. The molecule has 169 valence electrons. The van der Waals surface area contributed by atoms with E-state index in [1.54, 1.807) is 6.07 Å². The van der Waals surface area contributed by atoms with Gasteiger partial charge < -0.3 is 20.3 Å². The Balaban J connectivity index is 1.36. The first kappa shape index (κ1) is 22.3. The van der Waals surface area contributed by atoms with Gasteiger partial charge in [0, 0.05) is 26.2 Å². The molecule has 0 bridgehead atoms.